The van der Waals surface area contributed by atoms with E-state index in [1.54, 1.807) is 54.6 Å². The number of carbonyl (C=O) groups is 3. The van der Waals surface area contributed by atoms with Crippen molar-refractivity contribution < 1.29 is 23.5 Å². The molecule has 0 atom stereocenters. The third-order valence-electron chi connectivity index (χ3n) is 4.85. The van der Waals surface area contributed by atoms with Crippen LogP contribution in [-0.4, -0.2) is 17.8 Å². The molecule has 4 amide bonds. The fourth-order valence-corrected chi connectivity index (χ4v) is 5.61. The lowest BCUT2D eigenvalue weighted by molar-refractivity contribution is -0.122. The lowest BCUT2D eigenvalue weighted by atomic mass is 10.1. The molecule has 0 aromatic heterocycles. The third kappa shape index (κ3) is 5.33. The highest BCUT2D eigenvalue weighted by atomic mass is 127. The molecule has 1 fully saturated rings. The van der Waals surface area contributed by atoms with Gasteiger partial charge in [0.15, 0.2) is 0 Å². The summed E-state index contributed by atoms with van der Waals surface area (Å²) in [5.74, 6) is -1.27. The van der Waals surface area contributed by atoms with Gasteiger partial charge in [0.05, 0.1) is 12.8 Å². The van der Waals surface area contributed by atoms with Crippen LogP contribution in [0.25, 0.3) is 6.08 Å². The minimum Gasteiger partial charge on any atom is -0.487 e. The average Bonchev–Trinajstić information content (AvgIpc) is 2.78. The van der Waals surface area contributed by atoms with Crippen LogP contribution in [0, 0.1) is 13.0 Å². The number of hydrogen-bond donors (Lipinski definition) is 1. The number of nitrogens with zero attached hydrogens (tertiary/aromatic N) is 1. The largest absolute Gasteiger partial charge is 0.487 e. The summed E-state index contributed by atoms with van der Waals surface area (Å²) in [6.45, 7) is 0.0598. The Labute approximate surface area is 230 Å². The maximum atomic E-state index is 13.9. The number of halogens is 4. The third-order valence-corrected chi connectivity index (χ3v) is 6.98. The summed E-state index contributed by atoms with van der Waals surface area (Å²) >= 11 is 7.47. The van der Waals surface area contributed by atoms with Gasteiger partial charge in [-0.15, -0.1) is 0 Å². The van der Waals surface area contributed by atoms with Crippen LogP contribution in [0.2, 0.25) is 0 Å². The molecular weight excluding hydrogens is 733 g/mol. The van der Waals surface area contributed by atoms with Gasteiger partial charge in [0.1, 0.15) is 23.7 Å². The van der Waals surface area contributed by atoms with Crippen LogP contribution in [0.3, 0.4) is 0 Å². The SMILES string of the molecule is O=C1NC(=O)N(c2ccc(Br)cc2)C(=O)/C1=C/c1cc(I)c(OCc2ccccc2F)c(I)c1. The van der Waals surface area contributed by atoms with E-state index >= 15 is 0 Å². The van der Waals surface area contributed by atoms with Gasteiger partial charge >= 0.3 is 6.03 Å². The maximum absolute atomic E-state index is 13.9. The van der Waals surface area contributed by atoms with E-state index in [9.17, 15) is 18.8 Å². The van der Waals surface area contributed by atoms with E-state index in [4.69, 9.17) is 4.74 Å². The molecule has 3 aromatic rings. The first-order chi connectivity index (χ1) is 16.2. The van der Waals surface area contributed by atoms with Gasteiger partial charge in [0.2, 0.25) is 0 Å². The number of ether oxygens (including phenoxy) is 1. The van der Waals surface area contributed by atoms with E-state index in [2.05, 4.69) is 66.4 Å². The zero-order valence-electron chi connectivity index (χ0n) is 17.2. The number of amides is 4. The molecule has 4 rings (SSSR count). The molecule has 0 unspecified atom stereocenters. The molecule has 1 aliphatic heterocycles. The van der Waals surface area contributed by atoms with Gasteiger partial charge in [-0.3, -0.25) is 14.9 Å². The van der Waals surface area contributed by atoms with Crippen LogP contribution in [-0.2, 0) is 16.2 Å². The molecule has 0 bridgehead atoms. The summed E-state index contributed by atoms with van der Waals surface area (Å²) in [5.41, 5.74) is 1.18. The standard InChI is InChI=1S/C24H14BrFI2N2O4/c25-15-5-7-16(8-6-15)30-23(32)17(22(31)29-24(30)33)9-13-10-19(27)21(20(28)11-13)34-12-14-3-1-2-4-18(14)26/h1-11H,12H2,(H,29,31,33)/b17-9+. The predicted molar refractivity (Wildman–Crippen MR) is 146 cm³/mol. The molecule has 1 N–H and O–H groups in total. The molecule has 0 spiro atoms. The summed E-state index contributed by atoms with van der Waals surface area (Å²) in [6.07, 6.45) is 1.43. The topological polar surface area (TPSA) is 75.7 Å². The average molecular weight is 747 g/mol. The van der Waals surface area contributed by atoms with E-state index in [-0.39, 0.29) is 18.0 Å². The minimum atomic E-state index is -0.810. The number of imide groups is 2. The fourth-order valence-electron chi connectivity index (χ4n) is 3.21. The van der Waals surface area contributed by atoms with Crippen molar-refractivity contribution in [2.24, 2.45) is 0 Å². The van der Waals surface area contributed by atoms with E-state index in [0.717, 1.165) is 16.5 Å². The summed E-state index contributed by atoms with van der Waals surface area (Å²) in [7, 11) is 0. The molecule has 6 nitrogen and oxygen atoms in total. The van der Waals surface area contributed by atoms with Crippen LogP contribution < -0.4 is 15.0 Å². The van der Waals surface area contributed by atoms with Crippen molar-refractivity contribution >= 4 is 90.7 Å². The lowest BCUT2D eigenvalue weighted by Crippen LogP contribution is -2.54. The Morgan fingerprint density at radius 1 is 1.00 bits per heavy atom. The van der Waals surface area contributed by atoms with E-state index < -0.39 is 17.8 Å². The molecule has 34 heavy (non-hydrogen) atoms. The Balaban J connectivity index is 1.61. The fraction of sp³-hybridized carbons (Fsp3) is 0.0417. The molecule has 10 heteroatoms. The Hall–Kier alpha value is -2.32. The monoisotopic (exact) mass is 746 g/mol. The molecule has 1 aliphatic rings. The second-order valence-corrected chi connectivity index (χ2v) is 10.4. The van der Waals surface area contributed by atoms with Crippen LogP contribution in [0.4, 0.5) is 14.9 Å². The van der Waals surface area contributed by atoms with Gasteiger partial charge in [-0.25, -0.2) is 14.1 Å². The molecule has 1 saturated heterocycles. The van der Waals surface area contributed by atoms with E-state index in [1.807, 2.05) is 0 Å². The van der Waals surface area contributed by atoms with Crippen molar-refractivity contribution in [3.05, 3.63) is 94.8 Å². The predicted octanol–water partition coefficient (Wildman–Crippen LogP) is 6.04. The molecular formula is C24H14BrFI2N2O4. The van der Waals surface area contributed by atoms with Crippen molar-refractivity contribution in [3.8, 4) is 5.75 Å². The number of hydrogen-bond acceptors (Lipinski definition) is 4. The summed E-state index contributed by atoms with van der Waals surface area (Å²) < 4.78 is 22.0. The smallest absolute Gasteiger partial charge is 0.335 e. The number of rotatable bonds is 5. The Morgan fingerprint density at radius 3 is 2.29 bits per heavy atom. The maximum Gasteiger partial charge on any atom is 0.335 e. The second kappa shape index (κ2) is 10.5. The van der Waals surface area contributed by atoms with Crippen molar-refractivity contribution in [2.45, 2.75) is 6.61 Å². The second-order valence-electron chi connectivity index (χ2n) is 7.13. The van der Waals surface area contributed by atoms with Crippen molar-refractivity contribution in [1.29, 1.82) is 0 Å². The van der Waals surface area contributed by atoms with Gasteiger partial charge in [-0.2, -0.15) is 0 Å². The van der Waals surface area contributed by atoms with Crippen molar-refractivity contribution in [1.82, 2.24) is 5.32 Å². The number of anilines is 1. The molecule has 172 valence electrons. The van der Waals surface area contributed by atoms with E-state index in [0.29, 0.717) is 22.6 Å². The van der Waals surface area contributed by atoms with Crippen molar-refractivity contribution in [2.75, 3.05) is 4.90 Å². The first-order valence-corrected chi connectivity index (χ1v) is 12.7. The summed E-state index contributed by atoms with van der Waals surface area (Å²) in [5, 5.41) is 2.21. The highest BCUT2D eigenvalue weighted by Gasteiger charge is 2.36. The number of barbiturate groups is 1. The Bertz CT molecular complexity index is 1320. The van der Waals surface area contributed by atoms with Gasteiger partial charge in [0, 0.05) is 10.0 Å². The quantitative estimate of drug-likeness (QED) is 0.196. The normalized spacial score (nSPS) is 15.0. The van der Waals surface area contributed by atoms with Gasteiger partial charge in [-0.05, 0) is 99.3 Å². The van der Waals surface area contributed by atoms with Crippen LogP contribution >= 0.6 is 61.1 Å². The molecule has 0 aliphatic carbocycles. The first-order valence-electron chi connectivity index (χ1n) is 9.77. The highest BCUT2D eigenvalue weighted by molar-refractivity contribution is 14.1. The number of benzene rings is 3. The number of nitrogens with one attached hydrogen (secondary N) is 1. The van der Waals surface area contributed by atoms with Crippen molar-refractivity contribution in [3.63, 3.8) is 0 Å². The zero-order chi connectivity index (χ0) is 24.4. The highest BCUT2D eigenvalue weighted by Crippen LogP contribution is 2.31. The number of urea groups is 1. The number of carbonyl (C=O) groups excluding carboxylic acids is 3. The van der Waals surface area contributed by atoms with E-state index in [1.165, 1.54) is 12.1 Å². The molecule has 1 heterocycles. The lowest BCUT2D eigenvalue weighted by Gasteiger charge is -2.26. The van der Waals surface area contributed by atoms with Gasteiger partial charge < -0.3 is 4.74 Å². The van der Waals surface area contributed by atoms with Crippen LogP contribution in [0.5, 0.6) is 5.75 Å². The minimum absolute atomic E-state index is 0.0598. The van der Waals surface area contributed by atoms with Crippen LogP contribution in [0.15, 0.2) is 70.7 Å². The zero-order valence-corrected chi connectivity index (χ0v) is 23.1. The van der Waals surface area contributed by atoms with Gasteiger partial charge in [0.25, 0.3) is 11.8 Å². The molecule has 3 aromatic carbocycles. The molecule has 0 saturated carbocycles. The summed E-state index contributed by atoms with van der Waals surface area (Å²) in [6, 6.07) is 15.6. The van der Waals surface area contributed by atoms with Crippen LogP contribution in [0.1, 0.15) is 11.1 Å². The molecule has 0 radical (unpaired) electrons. The Kier molecular flexibility index (Phi) is 7.67. The Morgan fingerprint density at radius 2 is 1.65 bits per heavy atom. The first kappa shape index (κ1) is 24.8. The summed E-state index contributed by atoms with van der Waals surface area (Å²) in [4.78, 5) is 38.8. The van der Waals surface area contributed by atoms with Gasteiger partial charge in [-0.1, -0.05) is 34.1 Å².